The molecule has 1 N–H and O–H groups in total. The van der Waals surface area contributed by atoms with Crippen molar-refractivity contribution in [1.29, 1.82) is 0 Å². The number of amides is 1. The first kappa shape index (κ1) is 21.5. The number of ether oxygens (including phenoxy) is 1. The minimum absolute atomic E-state index is 0. The highest BCUT2D eigenvalue weighted by atomic mass is 35.5. The number of rotatable bonds is 4. The molecule has 0 aliphatic carbocycles. The molecule has 1 amide bonds. The molecule has 2 aromatic heterocycles. The molecular weight excluding hydrogens is 439 g/mol. The van der Waals surface area contributed by atoms with Gasteiger partial charge in [0.25, 0.3) is 5.91 Å². The number of methoxy groups -OCH3 is 1. The summed E-state index contributed by atoms with van der Waals surface area (Å²) in [6.45, 7) is 4.69. The van der Waals surface area contributed by atoms with Gasteiger partial charge in [-0.25, -0.2) is 4.79 Å². The van der Waals surface area contributed by atoms with Crippen LogP contribution in [-0.4, -0.2) is 37.0 Å². The van der Waals surface area contributed by atoms with E-state index in [1.54, 1.807) is 0 Å². The Morgan fingerprint density at radius 3 is 2.65 bits per heavy atom. The van der Waals surface area contributed by atoms with Gasteiger partial charge in [-0.2, -0.15) is 0 Å². The average Bonchev–Trinajstić information content (AvgIpc) is 3.12. The van der Waals surface area contributed by atoms with E-state index in [4.69, 9.17) is 27.9 Å². The Labute approximate surface area is 175 Å². The fraction of sp³-hybridized carbons (Fsp3) is 0.375. The number of halogens is 3. The molecule has 0 radical (unpaired) electrons. The Kier molecular flexibility index (Phi) is 7.35. The van der Waals surface area contributed by atoms with Gasteiger partial charge in [-0.15, -0.1) is 35.1 Å². The number of hydrogen-bond donors (Lipinski definition) is 1. The summed E-state index contributed by atoms with van der Waals surface area (Å²) >= 11 is 14.5. The number of nitrogens with zero attached hydrogens (tertiary/aromatic N) is 1. The molecule has 0 saturated heterocycles. The predicted octanol–water partition coefficient (Wildman–Crippen LogP) is 4.96. The van der Waals surface area contributed by atoms with Gasteiger partial charge in [0.05, 0.1) is 22.6 Å². The van der Waals surface area contributed by atoms with Crippen LogP contribution < -0.4 is 5.32 Å². The number of nitrogens with one attached hydrogen (secondary N) is 1. The fourth-order valence-electron chi connectivity index (χ4n) is 2.80. The molecule has 5 nitrogen and oxygen atoms in total. The van der Waals surface area contributed by atoms with Gasteiger partial charge < -0.3 is 10.1 Å². The minimum Gasteiger partial charge on any atom is -0.465 e. The SMILES string of the molecule is CCN1CCc2c(sc(NC(=O)c3cc(Cl)sc3Cl)c2C(=O)OC)C1.Cl. The van der Waals surface area contributed by atoms with E-state index < -0.39 is 5.97 Å². The zero-order chi connectivity index (χ0) is 18.1. The van der Waals surface area contributed by atoms with Crippen molar-refractivity contribution in [2.45, 2.75) is 19.9 Å². The Bertz CT molecular complexity index is 835. The van der Waals surface area contributed by atoms with E-state index in [-0.39, 0.29) is 18.3 Å². The number of thiophene rings is 2. The smallest absolute Gasteiger partial charge is 0.341 e. The molecule has 0 aromatic carbocycles. The highest BCUT2D eigenvalue weighted by Gasteiger charge is 2.29. The summed E-state index contributed by atoms with van der Waals surface area (Å²) in [6, 6.07) is 1.52. The molecule has 142 valence electrons. The second kappa shape index (κ2) is 8.91. The average molecular weight is 456 g/mol. The molecule has 2 aromatic rings. The van der Waals surface area contributed by atoms with E-state index in [0.717, 1.165) is 47.8 Å². The van der Waals surface area contributed by atoms with Gasteiger partial charge >= 0.3 is 5.97 Å². The molecule has 0 saturated carbocycles. The summed E-state index contributed by atoms with van der Waals surface area (Å²) in [5.41, 5.74) is 1.71. The van der Waals surface area contributed by atoms with Crippen molar-refractivity contribution < 1.29 is 14.3 Å². The van der Waals surface area contributed by atoms with Gasteiger partial charge in [-0.05, 0) is 24.6 Å². The van der Waals surface area contributed by atoms with Gasteiger partial charge in [-0.1, -0.05) is 30.1 Å². The van der Waals surface area contributed by atoms with Crippen LogP contribution in [0.15, 0.2) is 6.07 Å². The number of likely N-dealkylation sites (N-methyl/N-ethyl adjacent to an activating group) is 1. The lowest BCUT2D eigenvalue weighted by Crippen LogP contribution is -2.29. The molecule has 3 rings (SSSR count). The van der Waals surface area contributed by atoms with Crippen LogP contribution in [0.3, 0.4) is 0 Å². The van der Waals surface area contributed by atoms with Crippen LogP contribution in [0.2, 0.25) is 8.67 Å². The molecule has 0 atom stereocenters. The Morgan fingerprint density at radius 1 is 1.35 bits per heavy atom. The van der Waals surface area contributed by atoms with E-state index in [2.05, 4.69) is 17.1 Å². The standard InChI is InChI=1S/C16H16Cl2N2O3S2.ClH/c1-3-20-5-4-8-10(7-20)24-15(12(8)16(22)23-2)19-14(21)9-6-11(17)25-13(9)18;/h6H,3-5,7H2,1-2H3,(H,19,21);1H. The Hall–Kier alpha value is -0.830. The highest BCUT2D eigenvalue weighted by molar-refractivity contribution is 7.20. The number of carbonyl (C=O) groups is 2. The maximum Gasteiger partial charge on any atom is 0.341 e. The second-order valence-corrected chi connectivity index (χ2v) is 8.90. The molecule has 10 heteroatoms. The van der Waals surface area contributed by atoms with Crippen LogP contribution in [0.1, 0.15) is 38.1 Å². The zero-order valence-electron chi connectivity index (χ0n) is 14.1. The molecule has 1 aliphatic heterocycles. The van der Waals surface area contributed by atoms with Gasteiger partial charge in [0.1, 0.15) is 9.34 Å². The van der Waals surface area contributed by atoms with Gasteiger partial charge in [0.15, 0.2) is 0 Å². The van der Waals surface area contributed by atoms with Crippen molar-refractivity contribution in [3.8, 4) is 0 Å². The number of carbonyl (C=O) groups excluding carboxylic acids is 2. The monoisotopic (exact) mass is 454 g/mol. The van der Waals surface area contributed by atoms with E-state index in [0.29, 0.717) is 24.8 Å². The van der Waals surface area contributed by atoms with Crippen molar-refractivity contribution in [3.63, 3.8) is 0 Å². The number of esters is 1. The largest absolute Gasteiger partial charge is 0.465 e. The molecule has 0 fully saturated rings. The Balaban J connectivity index is 0.00000243. The third-order valence-electron chi connectivity index (χ3n) is 4.10. The van der Waals surface area contributed by atoms with Crippen LogP contribution in [0, 0.1) is 0 Å². The van der Waals surface area contributed by atoms with Gasteiger partial charge in [-0.3, -0.25) is 9.69 Å². The van der Waals surface area contributed by atoms with E-state index in [1.165, 1.54) is 24.5 Å². The molecular formula is C16H17Cl3N2O3S2. The molecule has 0 unspecified atom stereocenters. The summed E-state index contributed by atoms with van der Waals surface area (Å²) in [5.74, 6) is -0.823. The quantitative estimate of drug-likeness (QED) is 0.662. The summed E-state index contributed by atoms with van der Waals surface area (Å²) in [6.07, 6.45) is 0.755. The van der Waals surface area contributed by atoms with Crippen LogP contribution in [0.4, 0.5) is 5.00 Å². The first-order valence-electron chi connectivity index (χ1n) is 7.66. The fourth-order valence-corrected chi connectivity index (χ4v) is 5.53. The normalized spacial score (nSPS) is 13.7. The third kappa shape index (κ3) is 4.18. The number of hydrogen-bond acceptors (Lipinski definition) is 6. The van der Waals surface area contributed by atoms with Crippen LogP contribution in [-0.2, 0) is 17.7 Å². The lowest BCUT2D eigenvalue weighted by Gasteiger charge is -2.25. The molecule has 3 heterocycles. The van der Waals surface area contributed by atoms with Crippen molar-refractivity contribution in [1.82, 2.24) is 4.90 Å². The summed E-state index contributed by atoms with van der Waals surface area (Å²) in [4.78, 5) is 28.2. The summed E-state index contributed by atoms with van der Waals surface area (Å²) < 4.78 is 5.68. The van der Waals surface area contributed by atoms with E-state index >= 15 is 0 Å². The van der Waals surface area contributed by atoms with E-state index in [9.17, 15) is 9.59 Å². The third-order valence-corrected chi connectivity index (χ3v) is 6.72. The van der Waals surface area contributed by atoms with Crippen LogP contribution >= 0.6 is 58.3 Å². The minimum atomic E-state index is -0.438. The predicted molar refractivity (Wildman–Crippen MR) is 110 cm³/mol. The maximum absolute atomic E-state index is 12.5. The molecule has 26 heavy (non-hydrogen) atoms. The van der Waals surface area contributed by atoms with Gasteiger partial charge in [0.2, 0.25) is 0 Å². The highest BCUT2D eigenvalue weighted by Crippen LogP contribution is 2.38. The molecule has 1 aliphatic rings. The van der Waals surface area contributed by atoms with Gasteiger partial charge in [0, 0.05) is 18.0 Å². The summed E-state index contributed by atoms with van der Waals surface area (Å²) in [5, 5.41) is 3.31. The van der Waals surface area contributed by atoms with Crippen LogP contribution in [0.25, 0.3) is 0 Å². The summed E-state index contributed by atoms with van der Waals surface area (Å²) in [7, 11) is 1.34. The first-order chi connectivity index (χ1) is 11.9. The number of fused-ring (bicyclic) bond motifs is 1. The van der Waals surface area contributed by atoms with Crippen molar-refractivity contribution in [2.24, 2.45) is 0 Å². The topological polar surface area (TPSA) is 58.6 Å². The lowest BCUT2D eigenvalue weighted by molar-refractivity contribution is 0.0600. The molecule has 0 spiro atoms. The van der Waals surface area contributed by atoms with Crippen LogP contribution in [0.5, 0.6) is 0 Å². The Morgan fingerprint density at radius 2 is 2.08 bits per heavy atom. The lowest BCUT2D eigenvalue weighted by atomic mass is 10.0. The number of anilines is 1. The molecule has 0 bridgehead atoms. The van der Waals surface area contributed by atoms with Crippen molar-refractivity contribution >= 4 is 75.2 Å². The maximum atomic E-state index is 12.5. The first-order valence-corrected chi connectivity index (χ1v) is 10.0. The second-order valence-electron chi connectivity index (χ2n) is 5.51. The van der Waals surface area contributed by atoms with E-state index in [1.807, 2.05) is 0 Å². The van der Waals surface area contributed by atoms with Crippen molar-refractivity contribution in [3.05, 3.63) is 36.3 Å². The van der Waals surface area contributed by atoms with Crippen molar-refractivity contribution in [2.75, 3.05) is 25.5 Å². The zero-order valence-corrected chi connectivity index (χ0v) is 18.0.